The molecule has 0 bridgehead atoms. The lowest BCUT2D eigenvalue weighted by atomic mass is 9.99. The molecule has 0 unspecified atom stereocenters. The van der Waals surface area contributed by atoms with E-state index < -0.39 is 0 Å². The van der Waals surface area contributed by atoms with Gasteiger partial charge in [-0.2, -0.15) is 0 Å². The molecule has 0 radical (unpaired) electrons. The van der Waals surface area contributed by atoms with Crippen LogP contribution >= 0.6 is 11.6 Å². The van der Waals surface area contributed by atoms with Gasteiger partial charge < -0.3 is 20.9 Å². The highest BCUT2D eigenvalue weighted by atomic mass is 35.5. The maximum Gasteiger partial charge on any atom is 0.252 e. The average Bonchev–Trinajstić information content (AvgIpc) is 2.71. The zero-order valence-corrected chi connectivity index (χ0v) is 20.1. The fraction of sp³-hybridized carbons (Fsp3) is 0.360. The molecule has 3 N–H and O–H groups in total. The Hall–Kier alpha value is -2.83. The van der Waals surface area contributed by atoms with Gasteiger partial charge >= 0.3 is 0 Å². The number of rotatable bonds is 7. The molecule has 1 heterocycles. The minimum Gasteiger partial charge on any atom is -0.404 e. The Morgan fingerprint density at radius 2 is 2.00 bits per heavy atom. The van der Waals surface area contributed by atoms with Crippen molar-refractivity contribution in [2.75, 3.05) is 39.1 Å². The van der Waals surface area contributed by atoms with Gasteiger partial charge in [0.15, 0.2) is 0 Å². The molecule has 6 nitrogen and oxygen atoms in total. The number of hydrogen-bond donors (Lipinski definition) is 2. The number of amides is 1. The van der Waals surface area contributed by atoms with Crippen LogP contribution in [-0.4, -0.2) is 57.3 Å². The molecule has 0 saturated carbocycles. The number of benzene rings is 2. The summed E-state index contributed by atoms with van der Waals surface area (Å²) >= 11 is 6.35. The van der Waals surface area contributed by atoms with Crippen molar-refractivity contribution in [2.45, 2.75) is 25.9 Å². The van der Waals surface area contributed by atoms with E-state index in [0.717, 1.165) is 41.0 Å². The predicted molar refractivity (Wildman–Crippen MR) is 135 cm³/mol. The Balaban J connectivity index is 1.78. The van der Waals surface area contributed by atoms with Gasteiger partial charge in [-0.1, -0.05) is 17.7 Å². The average molecular weight is 454 g/mol. The van der Waals surface area contributed by atoms with Crippen molar-refractivity contribution in [1.29, 1.82) is 0 Å². The lowest BCUT2D eigenvalue weighted by Crippen LogP contribution is -2.57. The van der Waals surface area contributed by atoms with E-state index in [0.29, 0.717) is 16.6 Å². The van der Waals surface area contributed by atoms with Crippen LogP contribution in [0.25, 0.3) is 5.57 Å². The topological polar surface area (TPSA) is 74.0 Å². The Morgan fingerprint density at radius 1 is 1.28 bits per heavy atom. The second-order valence-electron chi connectivity index (χ2n) is 8.50. The van der Waals surface area contributed by atoms with E-state index in [-0.39, 0.29) is 11.9 Å². The van der Waals surface area contributed by atoms with Gasteiger partial charge in [0, 0.05) is 60.4 Å². The molecular weight excluding hydrogens is 422 g/mol. The van der Waals surface area contributed by atoms with Crippen molar-refractivity contribution in [3.05, 3.63) is 69.9 Å². The zero-order valence-electron chi connectivity index (χ0n) is 19.4. The number of anilines is 1. The van der Waals surface area contributed by atoms with Crippen LogP contribution in [0.4, 0.5) is 5.69 Å². The third kappa shape index (κ3) is 5.31. The molecule has 0 aromatic heterocycles. The van der Waals surface area contributed by atoms with Crippen molar-refractivity contribution in [1.82, 2.24) is 10.2 Å². The van der Waals surface area contributed by atoms with Crippen molar-refractivity contribution >= 4 is 35.0 Å². The summed E-state index contributed by atoms with van der Waals surface area (Å²) in [6.45, 7) is 5.85. The quantitative estimate of drug-likeness (QED) is 0.624. The Bertz CT molecular complexity index is 1040. The molecule has 1 amide bonds. The van der Waals surface area contributed by atoms with Gasteiger partial charge in [-0.25, -0.2) is 0 Å². The van der Waals surface area contributed by atoms with Crippen LogP contribution in [0.2, 0.25) is 5.02 Å². The SMILES string of the molecule is CN=CC(=CN)c1cc(Cl)cc([C@@H](C)NC(=O)c2cc(N3CC(N(C)C)C3)ccc2C)c1. The minimum absolute atomic E-state index is 0.104. The summed E-state index contributed by atoms with van der Waals surface area (Å²) in [7, 11) is 5.88. The van der Waals surface area contributed by atoms with E-state index in [1.54, 1.807) is 13.3 Å². The van der Waals surface area contributed by atoms with Crippen molar-refractivity contribution in [3.8, 4) is 0 Å². The molecule has 0 spiro atoms. The molecule has 0 aliphatic carbocycles. The highest BCUT2D eigenvalue weighted by Gasteiger charge is 2.29. The van der Waals surface area contributed by atoms with E-state index in [2.05, 4.69) is 40.3 Å². The first-order valence-electron chi connectivity index (χ1n) is 10.7. The number of nitrogens with two attached hydrogens (primary N) is 1. The van der Waals surface area contributed by atoms with Gasteiger partial charge in [-0.05, 0) is 75.0 Å². The maximum atomic E-state index is 13.1. The first-order valence-corrected chi connectivity index (χ1v) is 11.1. The van der Waals surface area contributed by atoms with Crippen LogP contribution in [0.5, 0.6) is 0 Å². The molecule has 1 atom stereocenters. The van der Waals surface area contributed by atoms with Crippen LogP contribution in [0.1, 0.15) is 40.0 Å². The van der Waals surface area contributed by atoms with Crippen LogP contribution in [0.15, 0.2) is 47.6 Å². The monoisotopic (exact) mass is 453 g/mol. The lowest BCUT2D eigenvalue weighted by Gasteiger charge is -2.44. The third-order valence-corrected chi connectivity index (χ3v) is 6.19. The van der Waals surface area contributed by atoms with Crippen molar-refractivity contribution in [3.63, 3.8) is 0 Å². The molecule has 170 valence electrons. The number of likely N-dealkylation sites (N-methyl/N-ethyl adjacent to an activating group) is 1. The maximum absolute atomic E-state index is 13.1. The van der Waals surface area contributed by atoms with E-state index in [1.165, 1.54) is 6.20 Å². The van der Waals surface area contributed by atoms with Crippen LogP contribution in [0.3, 0.4) is 0 Å². The van der Waals surface area contributed by atoms with Crippen LogP contribution < -0.4 is 16.0 Å². The summed E-state index contributed by atoms with van der Waals surface area (Å²) in [4.78, 5) is 21.7. The number of allylic oxidation sites excluding steroid dienone is 1. The zero-order chi connectivity index (χ0) is 23.4. The molecule has 32 heavy (non-hydrogen) atoms. The van der Waals surface area contributed by atoms with Gasteiger partial charge in [-0.3, -0.25) is 9.79 Å². The summed E-state index contributed by atoms with van der Waals surface area (Å²) in [6, 6.07) is 12.1. The van der Waals surface area contributed by atoms with E-state index in [9.17, 15) is 4.79 Å². The number of nitrogens with zero attached hydrogens (tertiary/aromatic N) is 3. The second-order valence-corrected chi connectivity index (χ2v) is 8.94. The van der Waals surface area contributed by atoms with Gasteiger partial charge in [0.1, 0.15) is 0 Å². The normalized spacial score (nSPS) is 15.8. The summed E-state index contributed by atoms with van der Waals surface area (Å²) in [5.41, 5.74) is 11.0. The molecule has 2 aromatic carbocycles. The molecule has 1 aliphatic rings. The van der Waals surface area contributed by atoms with E-state index in [4.69, 9.17) is 17.3 Å². The number of carbonyl (C=O) groups is 1. The molecule has 7 heteroatoms. The number of halogens is 1. The number of carbonyl (C=O) groups excluding carboxylic acids is 1. The molecule has 2 aromatic rings. The van der Waals surface area contributed by atoms with Gasteiger partial charge in [0.2, 0.25) is 0 Å². The first-order chi connectivity index (χ1) is 15.2. The van der Waals surface area contributed by atoms with Crippen LogP contribution in [-0.2, 0) is 0 Å². The fourth-order valence-corrected chi connectivity index (χ4v) is 4.03. The highest BCUT2D eigenvalue weighted by molar-refractivity contribution is 6.31. The second kappa shape index (κ2) is 10.2. The molecule has 1 saturated heterocycles. The number of hydrogen-bond acceptors (Lipinski definition) is 5. The Labute approximate surface area is 195 Å². The number of aryl methyl sites for hydroxylation is 1. The van der Waals surface area contributed by atoms with E-state index >= 15 is 0 Å². The summed E-state index contributed by atoms with van der Waals surface area (Å²) in [5, 5.41) is 3.69. The summed E-state index contributed by atoms with van der Waals surface area (Å²) in [5.74, 6) is -0.104. The van der Waals surface area contributed by atoms with Crippen LogP contribution in [0, 0.1) is 6.92 Å². The van der Waals surface area contributed by atoms with Gasteiger partial charge in [0.25, 0.3) is 5.91 Å². The smallest absolute Gasteiger partial charge is 0.252 e. The van der Waals surface area contributed by atoms with Crippen molar-refractivity contribution in [2.24, 2.45) is 10.7 Å². The fourth-order valence-electron chi connectivity index (χ4n) is 3.78. The molecule has 3 rings (SSSR count). The predicted octanol–water partition coefficient (Wildman–Crippen LogP) is 3.89. The number of nitrogens with one attached hydrogen (secondary N) is 1. The standard InChI is InChI=1S/C25H32ClN5O/c1-16-6-7-22(31-14-23(15-31)30(4)5)11-24(16)25(32)29-17(2)18-8-19(10-21(26)9-18)20(12-27)13-28-3/h6-13,17,23H,14-15,27H2,1-5H3,(H,29,32)/t17-/m1/s1. The third-order valence-electron chi connectivity index (χ3n) is 5.97. The molecular formula is C25H32ClN5O. The summed E-state index contributed by atoms with van der Waals surface area (Å²) < 4.78 is 0. The largest absolute Gasteiger partial charge is 0.404 e. The summed E-state index contributed by atoms with van der Waals surface area (Å²) in [6.07, 6.45) is 3.18. The Kier molecular flexibility index (Phi) is 7.59. The molecule has 1 fully saturated rings. The highest BCUT2D eigenvalue weighted by Crippen LogP contribution is 2.27. The van der Waals surface area contributed by atoms with Gasteiger partial charge in [0.05, 0.1) is 6.04 Å². The molecule has 1 aliphatic heterocycles. The first kappa shape index (κ1) is 23.8. The lowest BCUT2D eigenvalue weighted by molar-refractivity contribution is 0.0939. The minimum atomic E-state index is -0.234. The Morgan fingerprint density at radius 3 is 2.62 bits per heavy atom. The van der Waals surface area contributed by atoms with E-state index in [1.807, 2.05) is 44.2 Å². The van der Waals surface area contributed by atoms with Gasteiger partial charge in [-0.15, -0.1) is 0 Å². The van der Waals surface area contributed by atoms with Crippen molar-refractivity contribution < 1.29 is 4.79 Å². The number of aliphatic imine (C=N–C) groups is 1.